The fourth-order valence-electron chi connectivity index (χ4n) is 2.50. The second-order valence-corrected chi connectivity index (χ2v) is 7.95. The molecule has 0 aliphatic carbocycles. The van der Waals surface area contributed by atoms with Crippen molar-refractivity contribution in [2.24, 2.45) is 0 Å². The molecule has 12 heteroatoms. The molecule has 0 aliphatic rings. The minimum atomic E-state index is -5.08. The van der Waals surface area contributed by atoms with Crippen LogP contribution < -0.4 is 10.6 Å². The quantitative estimate of drug-likeness (QED) is 0.335. The van der Waals surface area contributed by atoms with Crippen molar-refractivity contribution >= 4 is 50.7 Å². The van der Waals surface area contributed by atoms with Gasteiger partial charge >= 0.3 is 12.1 Å². The van der Waals surface area contributed by atoms with E-state index in [2.05, 4.69) is 39.7 Å². The second kappa shape index (κ2) is 10.2. The predicted molar refractivity (Wildman–Crippen MR) is 120 cm³/mol. The number of hydrogen-bond acceptors (Lipinski definition) is 8. The van der Waals surface area contributed by atoms with Gasteiger partial charge in [-0.15, -0.1) is 10.2 Å². The van der Waals surface area contributed by atoms with E-state index in [0.29, 0.717) is 11.7 Å². The van der Waals surface area contributed by atoms with Gasteiger partial charge in [0.1, 0.15) is 16.3 Å². The molecule has 3 aromatic heterocycles. The Bertz CT molecular complexity index is 1230. The number of rotatable bonds is 5. The molecule has 0 amide bonds. The van der Waals surface area contributed by atoms with E-state index >= 15 is 0 Å². The van der Waals surface area contributed by atoms with Gasteiger partial charge in [-0.1, -0.05) is 43.4 Å². The Balaban J connectivity index is 0.000000383. The molecule has 8 nitrogen and oxygen atoms in total. The van der Waals surface area contributed by atoms with Crippen molar-refractivity contribution in [2.75, 3.05) is 10.6 Å². The summed E-state index contributed by atoms with van der Waals surface area (Å²) in [7, 11) is 0. The lowest BCUT2D eigenvalue weighted by molar-refractivity contribution is -0.192. The zero-order valence-corrected chi connectivity index (χ0v) is 18.3. The van der Waals surface area contributed by atoms with Gasteiger partial charge in [0.2, 0.25) is 5.13 Å². The highest BCUT2D eigenvalue weighted by Crippen LogP contribution is 2.28. The molecule has 172 valence electrons. The Hall–Kier alpha value is -3.80. The van der Waals surface area contributed by atoms with Crippen LogP contribution >= 0.6 is 11.3 Å². The number of aromatic nitrogens is 4. The van der Waals surface area contributed by atoms with E-state index in [9.17, 15) is 13.2 Å². The second-order valence-electron chi connectivity index (χ2n) is 6.94. The molecule has 3 N–H and O–H groups in total. The number of pyridine rings is 2. The van der Waals surface area contributed by atoms with Gasteiger partial charge in [-0.3, -0.25) is 4.98 Å². The fraction of sp³-hybridized carbons (Fsp3) is 0.190. The molecule has 0 saturated carbocycles. The number of anilines is 4. The van der Waals surface area contributed by atoms with Crippen molar-refractivity contribution in [3.8, 4) is 0 Å². The zero-order chi connectivity index (χ0) is 24.0. The summed E-state index contributed by atoms with van der Waals surface area (Å²) in [5.41, 5.74) is 3.54. The van der Waals surface area contributed by atoms with E-state index in [1.807, 2.05) is 48.5 Å². The van der Waals surface area contributed by atoms with Gasteiger partial charge in [0.25, 0.3) is 0 Å². The smallest absolute Gasteiger partial charge is 0.475 e. The van der Waals surface area contributed by atoms with Crippen LogP contribution in [0.5, 0.6) is 0 Å². The van der Waals surface area contributed by atoms with Crippen LogP contribution in [0.15, 0.2) is 54.7 Å². The molecule has 0 spiro atoms. The first kappa shape index (κ1) is 23.9. The number of halogens is 3. The molecule has 0 saturated heterocycles. The maximum Gasteiger partial charge on any atom is 0.490 e. The van der Waals surface area contributed by atoms with Crippen molar-refractivity contribution in [1.82, 2.24) is 20.2 Å². The summed E-state index contributed by atoms with van der Waals surface area (Å²) in [6, 6.07) is 15.8. The lowest BCUT2D eigenvalue weighted by atomic mass is 10.2. The molecule has 0 radical (unpaired) electrons. The predicted octanol–water partition coefficient (Wildman–Crippen LogP) is 5.73. The van der Waals surface area contributed by atoms with Crippen LogP contribution in [0.25, 0.3) is 11.0 Å². The number of aliphatic carboxylic acids is 1. The maximum absolute atomic E-state index is 10.6. The topological polar surface area (TPSA) is 113 Å². The number of para-hydroxylation sites is 1. The van der Waals surface area contributed by atoms with Gasteiger partial charge in [-0.05, 0) is 30.3 Å². The summed E-state index contributed by atoms with van der Waals surface area (Å²) in [6.07, 6.45) is -3.30. The minimum absolute atomic E-state index is 0.360. The fourth-order valence-corrected chi connectivity index (χ4v) is 3.25. The number of benzene rings is 1. The Kier molecular flexibility index (Phi) is 7.38. The van der Waals surface area contributed by atoms with Crippen LogP contribution in [0, 0.1) is 0 Å². The molecule has 0 bridgehead atoms. The first-order valence-electron chi connectivity index (χ1n) is 9.62. The standard InChI is InChI=1S/C19H18N6S.C2HF3O2/c1-12(2)18-24-25-19(26-18)23-16-9-8-14-17(22-16)15(10-11-20-14)21-13-6-4-3-5-7-13;3-2(4,5)1(6)7/h3-12H,1-2H3,(H,20,21)(H,22,23,25);(H,6,7). The first-order valence-corrected chi connectivity index (χ1v) is 10.4. The third kappa shape index (κ3) is 6.59. The van der Waals surface area contributed by atoms with Crippen LogP contribution in [0.2, 0.25) is 0 Å². The van der Waals surface area contributed by atoms with Gasteiger partial charge in [-0.2, -0.15) is 13.2 Å². The maximum atomic E-state index is 10.6. The third-order valence-electron chi connectivity index (χ3n) is 4.05. The number of alkyl halides is 3. The number of carboxylic acids is 1. The van der Waals surface area contributed by atoms with E-state index in [-0.39, 0.29) is 0 Å². The summed E-state index contributed by atoms with van der Waals surface area (Å²) in [6.45, 7) is 4.21. The summed E-state index contributed by atoms with van der Waals surface area (Å²) < 4.78 is 31.7. The van der Waals surface area contributed by atoms with Crippen molar-refractivity contribution in [3.63, 3.8) is 0 Å². The van der Waals surface area contributed by atoms with Gasteiger partial charge in [0, 0.05) is 17.8 Å². The highest BCUT2D eigenvalue weighted by molar-refractivity contribution is 7.15. The molecule has 0 atom stereocenters. The monoisotopic (exact) mass is 476 g/mol. The van der Waals surface area contributed by atoms with E-state index in [1.54, 1.807) is 17.5 Å². The molecular weight excluding hydrogens is 457 g/mol. The number of nitrogens with one attached hydrogen (secondary N) is 2. The van der Waals surface area contributed by atoms with Crippen molar-refractivity contribution in [1.29, 1.82) is 0 Å². The average Bonchev–Trinajstić information content (AvgIpc) is 3.24. The number of hydrogen-bond donors (Lipinski definition) is 3. The molecular formula is C21H19F3N6O2S. The Morgan fingerprint density at radius 3 is 2.33 bits per heavy atom. The molecule has 0 unspecified atom stereocenters. The lowest BCUT2D eigenvalue weighted by Crippen LogP contribution is -2.21. The molecule has 4 rings (SSSR count). The van der Waals surface area contributed by atoms with Gasteiger partial charge in [0.05, 0.1) is 11.2 Å². The molecule has 4 aromatic rings. The number of fused-ring (bicyclic) bond motifs is 1. The summed E-state index contributed by atoms with van der Waals surface area (Å²) in [4.78, 5) is 18.0. The summed E-state index contributed by atoms with van der Waals surface area (Å²) in [5, 5.41) is 23.9. The van der Waals surface area contributed by atoms with Crippen LogP contribution in [-0.4, -0.2) is 37.4 Å². The van der Waals surface area contributed by atoms with E-state index in [0.717, 1.165) is 32.5 Å². The Morgan fingerprint density at radius 2 is 1.73 bits per heavy atom. The molecule has 33 heavy (non-hydrogen) atoms. The SMILES string of the molecule is CC(C)c1nnc(Nc2ccc3nccc(Nc4ccccc4)c3n2)s1.O=C(O)C(F)(F)F. The normalized spacial score (nSPS) is 11.1. The minimum Gasteiger partial charge on any atom is -0.475 e. The van der Waals surface area contributed by atoms with Crippen LogP contribution in [-0.2, 0) is 4.79 Å². The number of carboxylic acid groups (broad SMARTS) is 1. The van der Waals surface area contributed by atoms with E-state index < -0.39 is 12.1 Å². The molecule has 1 aromatic carbocycles. The lowest BCUT2D eigenvalue weighted by Gasteiger charge is -2.10. The van der Waals surface area contributed by atoms with Crippen molar-refractivity contribution in [3.05, 3.63) is 59.7 Å². The van der Waals surface area contributed by atoms with Gasteiger partial charge in [-0.25, -0.2) is 9.78 Å². The highest BCUT2D eigenvalue weighted by Gasteiger charge is 2.38. The summed E-state index contributed by atoms with van der Waals surface area (Å²) >= 11 is 1.54. The summed E-state index contributed by atoms with van der Waals surface area (Å²) in [5.74, 6) is -1.68. The molecule has 3 heterocycles. The van der Waals surface area contributed by atoms with Gasteiger partial charge < -0.3 is 15.7 Å². The van der Waals surface area contributed by atoms with Gasteiger partial charge in [0.15, 0.2) is 0 Å². The Labute approximate surface area is 190 Å². The number of carbonyl (C=O) groups is 1. The first-order chi connectivity index (χ1) is 15.6. The van der Waals surface area contributed by atoms with Crippen molar-refractivity contribution in [2.45, 2.75) is 25.9 Å². The molecule has 0 aliphatic heterocycles. The van der Waals surface area contributed by atoms with Crippen LogP contribution in [0.4, 0.5) is 35.5 Å². The largest absolute Gasteiger partial charge is 0.490 e. The van der Waals surface area contributed by atoms with E-state index in [4.69, 9.17) is 14.9 Å². The van der Waals surface area contributed by atoms with Crippen LogP contribution in [0.1, 0.15) is 24.8 Å². The highest BCUT2D eigenvalue weighted by atomic mass is 32.1. The average molecular weight is 476 g/mol. The van der Waals surface area contributed by atoms with E-state index in [1.165, 1.54) is 0 Å². The van der Waals surface area contributed by atoms with Crippen molar-refractivity contribution < 1.29 is 23.1 Å². The number of nitrogens with zero attached hydrogens (tertiary/aromatic N) is 4. The zero-order valence-electron chi connectivity index (χ0n) is 17.5. The molecule has 0 fully saturated rings. The third-order valence-corrected chi connectivity index (χ3v) is 5.19. The van der Waals surface area contributed by atoms with Crippen LogP contribution in [0.3, 0.4) is 0 Å². The Morgan fingerprint density at radius 1 is 1.03 bits per heavy atom.